The van der Waals surface area contributed by atoms with Crippen molar-refractivity contribution in [1.82, 2.24) is 9.29 Å². The van der Waals surface area contributed by atoms with E-state index in [1.54, 1.807) is 24.3 Å². The van der Waals surface area contributed by atoms with Gasteiger partial charge >= 0.3 is 5.76 Å². The van der Waals surface area contributed by atoms with Crippen molar-refractivity contribution in [1.29, 1.82) is 0 Å². The van der Waals surface area contributed by atoms with Crippen LogP contribution in [0.3, 0.4) is 0 Å². The van der Waals surface area contributed by atoms with Gasteiger partial charge in [-0.1, -0.05) is 30.9 Å². The Bertz CT molecular complexity index is 1500. The van der Waals surface area contributed by atoms with Gasteiger partial charge in [-0.25, -0.2) is 17.6 Å². The molecule has 2 aromatic rings. The molecule has 2 saturated carbocycles. The van der Waals surface area contributed by atoms with E-state index in [4.69, 9.17) is 4.42 Å². The summed E-state index contributed by atoms with van der Waals surface area (Å²) in [4.78, 5) is 14.3. The van der Waals surface area contributed by atoms with E-state index in [1.807, 2.05) is 19.9 Å². The molecule has 210 valence electrons. The number of aromatic nitrogens is 1. The molecule has 1 aliphatic heterocycles. The van der Waals surface area contributed by atoms with Gasteiger partial charge < -0.3 is 9.52 Å². The number of rotatable bonds is 8. The maximum atomic E-state index is 15.9. The van der Waals surface area contributed by atoms with Gasteiger partial charge in [0.05, 0.1) is 11.0 Å². The lowest BCUT2D eigenvalue weighted by Crippen LogP contribution is -2.57. The summed E-state index contributed by atoms with van der Waals surface area (Å²) < 4.78 is 51.0. The van der Waals surface area contributed by atoms with Crippen molar-refractivity contribution in [3.05, 3.63) is 91.6 Å². The van der Waals surface area contributed by atoms with Crippen LogP contribution in [0, 0.1) is 15.3 Å². The summed E-state index contributed by atoms with van der Waals surface area (Å²) in [6.07, 6.45) is 12.0. The van der Waals surface area contributed by atoms with Crippen LogP contribution in [0.2, 0.25) is 0 Å². The number of aromatic amines is 1. The zero-order valence-corrected chi connectivity index (χ0v) is 25.1. The molecule has 2 heterocycles. The minimum Gasteiger partial charge on any atom is -0.412 e. The van der Waals surface area contributed by atoms with Crippen molar-refractivity contribution < 1.29 is 22.3 Å². The van der Waals surface area contributed by atoms with Crippen molar-refractivity contribution >= 4 is 32.6 Å². The third kappa shape index (κ3) is 5.02. The quantitative estimate of drug-likeness (QED) is 0.294. The fourth-order valence-corrected chi connectivity index (χ4v) is 9.20. The Labute approximate surface area is 242 Å². The topological polar surface area (TPSA) is 104 Å². The van der Waals surface area contributed by atoms with Crippen LogP contribution in [0.25, 0.3) is 0 Å². The lowest BCUT2D eigenvalue weighted by atomic mass is 9.53. The highest BCUT2D eigenvalue weighted by atomic mass is 127. The van der Waals surface area contributed by atoms with E-state index in [2.05, 4.69) is 34.2 Å². The maximum absolute atomic E-state index is 15.9. The largest absolute Gasteiger partial charge is 0.416 e. The summed E-state index contributed by atoms with van der Waals surface area (Å²) >= 11 is 2.11. The Kier molecular flexibility index (Phi) is 7.62. The van der Waals surface area contributed by atoms with Gasteiger partial charge in [0.15, 0.2) is 0 Å². The van der Waals surface area contributed by atoms with Gasteiger partial charge in [0.2, 0.25) is 10.0 Å². The average molecular weight is 669 g/mol. The van der Waals surface area contributed by atoms with Crippen LogP contribution in [0.5, 0.6) is 0 Å². The molecule has 5 rings (SSSR count). The molecule has 2 aliphatic carbocycles. The number of aliphatic hydroxyl groups is 1. The van der Waals surface area contributed by atoms with Crippen molar-refractivity contribution in [2.75, 3.05) is 0 Å². The van der Waals surface area contributed by atoms with E-state index in [0.717, 1.165) is 12.8 Å². The molecule has 7 nitrogen and oxygen atoms in total. The van der Waals surface area contributed by atoms with Gasteiger partial charge in [0.25, 0.3) is 0 Å². The summed E-state index contributed by atoms with van der Waals surface area (Å²) in [5, 5.41) is 10.4. The van der Waals surface area contributed by atoms with Crippen LogP contribution in [-0.2, 0) is 22.0 Å². The number of nitrogens with zero attached hydrogens (tertiary/aromatic N) is 1. The Morgan fingerprint density at radius 1 is 1.31 bits per heavy atom. The number of hydrogen-bond acceptors (Lipinski definition) is 5. The molecular formula is C29H34FIN2O5S. The number of benzene rings is 1. The molecule has 1 aromatic carbocycles. The first-order valence-electron chi connectivity index (χ1n) is 13.3. The summed E-state index contributed by atoms with van der Waals surface area (Å²) in [5.74, 6) is -0.649. The fraction of sp³-hybridized carbons (Fsp3) is 0.483. The second-order valence-corrected chi connectivity index (χ2v) is 14.4. The lowest BCUT2D eigenvalue weighted by molar-refractivity contribution is -0.101. The summed E-state index contributed by atoms with van der Waals surface area (Å²) in [7, 11) is -3.73. The number of halogens is 2. The minimum atomic E-state index is -3.73. The number of oxazole rings is 1. The van der Waals surface area contributed by atoms with Gasteiger partial charge in [0.1, 0.15) is 16.8 Å². The van der Waals surface area contributed by atoms with Crippen LogP contribution in [0.15, 0.2) is 64.0 Å². The number of hydrogen-bond donors (Lipinski definition) is 2. The molecule has 39 heavy (non-hydrogen) atoms. The van der Waals surface area contributed by atoms with Crippen LogP contribution in [0.4, 0.5) is 4.39 Å². The highest BCUT2D eigenvalue weighted by Gasteiger charge is 2.63. The standard InChI is InChI=1S/C29H34FIN2O5S/c1-4-6-7-19(5-2)25-11-8-18(3)33(39(25,36)37)15-20-12-23(30)22(13-24(20)31)28(26-14-32-27(34)38-26)16-29(35,17-28)21-9-10-21/h4-7,12-14,18,21,25,35H,2,8-11,15-17H2,1,3H3,(H,32,34)/b6-4-,19-7+/t18-,25+,28?,29?/m0/s1. The SMILES string of the molecule is C=C/C(=C\C=C/C)[C@H]1CC[C@H](C)N(Cc2cc(F)c(C3(c4c[nH]c(=O)o4)CC(O)(C4CC4)C3)cc2I)S1(=O)=O. The maximum Gasteiger partial charge on any atom is 0.416 e. The molecule has 2 N–H and O–H groups in total. The first-order chi connectivity index (χ1) is 18.4. The Morgan fingerprint density at radius 2 is 2.03 bits per heavy atom. The molecule has 0 bridgehead atoms. The van der Waals surface area contributed by atoms with Crippen molar-refractivity contribution in [3.8, 4) is 0 Å². The highest BCUT2D eigenvalue weighted by Crippen LogP contribution is 2.62. The van der Waals surface area contributed by atoms with Crippen LogP contribution < -0.4 is 5.76 Å². The Hall–Kier alpha value is -2.02. The Morgan fingerprint density at radius 3 is 2.62 bits per heavy atom. The minimum absolute atomic E-state index is 0.0434. The van der Waals surface area contributed by atoms with E-state index in [1.165, 1.54) is 16.6 Å². The highest BCUT2D eigenvalue weighted by molar-refractivity contribution is 14.1. The summed E-state index contributed by atoms with van der Waals surface area (Å²) in [6, 6.07) is 2.87. The zero-order chi connectivity index (χ0) is 28.2. The molecule has 3 aliphatic rings. The molecule has 0 amide bonds. The van der Waals surface area contributed by atoms with Crippen molar-refractivity contribution in [2.24, 2.45) is 5.92 Å². The second-order valence-electron chi connectivity index (χ2n) is 11.2. The third-order valence-corrected chi connectivity index (χ3v) is 12.0. The van der Waals surface area contributed by atoms with Gasteiger partial charge in [-0.3, -0.25) is 4.98 Å². The molecule has 2 atom stereocenters. The molecule has 1 saturated heterocycles. The number of nitrogens with one attached hydrogen (secondary N) is 1. The van der Waals surface area contributed by atoms with Crippen LogP contribution in [-0.4, -0.2) is 39.7 Å². The fourth-order valence-electron chi connectivity index (χ4n) is 6.36. The molecule has 0 radical (unpaired) electrons. The van der Waals surface area contributed by atoms with Gasteiger partial charge in [-0.2, -0.15) is 4.31 Å². The van der Waals surface area contributed by atoms with Gasteiger partial charge in [-0.15, -0.1) is 0 Å². The van der Waals surface area contributed by atoms with E-state index in [9.17, 15) is 18.3 Å². The van der Waals surface area contributed by atoms with E-state index in [-0.39, 0.29) is 31.3 Å². The van der Waals surface area contributed by atoms with Gasteiger partial charge in [0, 0.05) is 27.9 Å². The van der Waals surface area contributed by atoms with E-state index >= 15 is 4.39 Å². The van der Waals surface area contributed by atoms with Gasteiger partial charge in [-0.05, 0) is 104 Å². The molecular weight excluding hydrogens is 634 g/mol. The predicted molar refractivity (Wildman–Crippen MR) is 156 cm³/mol. The molecule has 3 fully saturated rings. The lowest BCUT2D eigenvalue weighted by Gasteiger charge is -2.53. The molecule has 0 spiro atoms. The monoisotopic (exact) mass is 668 g/mol. The van der Waals surface area contributed by atoms with Crippen LogP contribution in [0.1, 0.15) is 69.3 Å². The molecule has 0 unspecified atom stereocenters. The molecule has 10 heteroatoms. The smallest absolute Gasteiger partial charge is 0.412 e. The normalized spacial score (nSPS) is 31.4. The number of allylic oxidation sites excluding steroid dienone is 4. The third-order valence-electron chi connectivity index (χ3n) is 8.64. The first-order valence-corrected chi connectivity index (χ1v) is 15.9. The van der Waals surface area contributed by atoms with E-state index < -0.39 is 37.9 Å². The number of sulfonamides is 1. The zero-order valence-electron chi connectivity index (χ0n) is 22.1. The Balaban J connectivity index is 1.48. The predicted octanol–water partition coefficient (Wildman–Crippen LogP) is 5.30. The van der Waals surface area contributed by atoms with Crippen molar-refractivity contribution in [3.63, 3.8) is 0 Å². The summed E-state index contributed by atoms with van der Waals surface area (Å²) in [6.45, 7) is 7.61. The van der Waals surface area contributed by atoms with Crippen molar-refractivity contribution in [2.45, 2.75) is 81.2 Å². The number of H-pyrrole nitrogens is 1. The van der Waals surface area contributed by atoms with Crippen LogP contribution >= 0.6 is 22.6 Å². The average Bonchev–Trinajstić information content (AvgIpc) is 3.64. The molecule has 1 aromatic heterocycles. The summed E-state index contributed by atoms with van der Waals surface area (Å²) in [5.41, 5.74) is -0.329. The van der Waals surface area contributed by atoms with E-state index in [0.29, 0.717) is 38.9 Å². The second kappa shape index (κ2) is 10.4. The first kappa shape index (κ1) is 28.5.